The molecule has 0 bridgehead atoms. The average Bonchev–Trinajstić information content (AvgIpc) is 3.41. The molecule has 35 heavy (non-hydrogen) atoms. The highest BCUT2D eigenvalue weighted by Crippen LogP contribution is 2.75. The first-order valence-electron chi connectivity index (χ1n) is 12.6. The quantitative estimate of drug-likeness (QED) is 0.685. The molecule has 2 aromatic rings. The molecule has 3 heterocycles. The Morgan fingerprint density at radius 3 is 2.14 bits per heavy atom. The van der Waals surface area contributed by atoms with E-state index >= 15 is 0 Å². The first kappa shape index (κ1) is 22.3. The van der Waals surface area contributed by atoms with Crippen LogP contribution in [0.5, 0.6) is 0 Å². The fourth-order valence-electron chi connectivity index (χ4n) is 7.73. The highest BCUT2D eigenvalue weighted by atomic mass is 16.5. The molecule has 3 fully saturated rings. The summed E-state index contributed by atoms with van der Waals surface area (Å²) in [7, 11) is 0. The topological polar surface area (TPSA) is 75.7 Å². The molecule has 0 unspecified atom stereocenters. The Morgan fingerprint density at radius 1 is 0.943 bits per heavy atom. The summed E-state index contributed by atoms with van der Waals surface area (Å²) in [6, 6.07) is 25.5. The minimum absolute atomic E-state index is 0.0117. The van der Waals surface area contributed by atoms with Crippen LogP contribution in [0.4, 0.5) is 0 Å². The van der Waals surface area contributed by atoms with Crippen LogP contribution in [0.2, 0.25) is 0 Å². The molecule has 0 amide bonds. The largest absolute Gasteiger partial charge is 0.379 e. The molecule has 0 radical (unpaired) electrons. The van der Waals surface area contributed by atoms with E-state index in [-0.39, 0.29) is 29.2 Å². The summed E-state index contributed by atoms with van der Waals surface area (Å²) in [5.74, 6) is 0.493. The maximum Gasteiger partial charge on any atom is 0.246 e. The zero-order valence-electron chi connectivity index (χ0n) is 20.6. The van der Waals surface area contributed by atoms with E-state index in [2.05, 4.69) is 74.2 Å². The van der Waals surface area contributed by atoms with E-state index in [1.165, 1.54) is 0 Å². The van der Waals surface area contributed by atoms with Gasteiger partial charge in [-0.25, -0.2) is 0 Å². The van der Waals surface area contributed by atoms with E-state index in [1.807, 2.05) is 29.3 Å². The van der Waals surface area contributed by atoms with Gasteiger partial charge in [-0.2, -0.15) is 15.6 Å². The number of benzene rings is 2. The molecule has 6 rings (SSSR count). The SMILES string of the molecule is C[C@@H]1[C@H](N2CCOCC2)C(C#N)(C#N)N2N=C(c3ccccc3)[C@@H]3[C@@H](C3(C)C)[C@]12c1ccccc1. The van der Waals surface area contributed by atoms with Gasteiger partial charge >= 0.3 is 0 Å². The maximum atomic E-state index is 10.8. The normalized spacial score (nSPS) is 34.7. The Balaban J connectivity index is 1.65. The van der Waals surface area contributed by atoms with Crippen molar-refractivity contribution < 1.29 is 4.74 Å². The van der Waals surface area contributed by atoms with Crippen LogP contribution < -0.4 is 0 Å². The summed E-state index contributed by atoms with van der Waals surface area (Å²) in [4.78, 5) is 2.31. The van der Waals surface area contributed by atoms with E-state index < -0.39 is 11.1 Å². The summed E-state index contributed by atoms with van der Waals surface area (Å²) < 4.78 is 5.65. The van der Waals surface area contributed by atoms with E-state index in [0.717, 1.165) is 16.8 Å². The van der Waals surface area contributed by atoms with Crippen molar-refractivity contribution in [2.75, 3.05) is 26.3 Å². The van der Waals surface area contributed by atoms with E-state index in [1.54, 1.807) is 0 Å². The Hall–Kier alpha value is -3.19. The van der Waals surface area contributed by atoms with Crippen LogP contribution in [-0.2, 0) is 10.3 Å². The summed E-state index contributed by atoms with van der Waals surface area (Å²) in [5.41, 5.74) is 1.23. The highest BCUT2D eigenvalue weighted by Gasteiger charge is 2.81. The van der Waals surface area contributed by atoms with Crippen LogP contribution in [0.1, 0.15) is 31.9 Å². The number of nitrogens with zero attached hydrogens (tertiary/aromatic N) is 5. The number of fused-ring (bicyclic) bond motifs is 3. The zero-order valence-corrected chi connectivity index (χ0v) is 20.6. The van der Waals surface area contributed by atoms with E-state index in [4.69, 9.17) is 9.84 Å². The Bertz CT molecular complexity index is 1220. The molecular weight excluding hydrogens is 434 g/mol. The van der Waals surface area contributed by atoms with Gasteiger partial charge in [-0.05, 0) is 16.5 Å². The minimum Gasteiger partial charge on any atom is -0.379 e. The van der Waals surface area contributed by atoms with Crippen LogP contribution in [-0.4, -0.2) is 53.5 Å². The van der Waals surface area contributed by atoms with Crippen LogP contribution in [0.15, 0.2) is 65.8 Å². The third-order valence-electron chi connectivity index (χ3n) is 9.17. The van der Waals surface area contributed by atoms with Crippen molar-refractivity contribution in [3.05, 3.63) is 71.8 Å². The van der Waals surface area contributed by atoms with Crippen molar-refractivity contribution in [2.24, 2.45) is 28.3 Å². The van der Waals surface area contributed by atoms with Crippen molar-refractivity contribution in [3.8, 4) is 12.1 Å². The Morgan fingerprint density at radius 2 is 1.54 bits per heavy atom. The van der Waals surface area contributed by atoms with Gasteiger partial charge in [-0.3, -0.25) is 9.91 Å². The highest BCUT2D eigenvalue weighted by molar-refractivity contribution is 6.05. The van der Waals surface area contributed by atoms with Gasteiger partial charge in [0.15, 0.2) is 0 Å². The second-order valence-corrected chi connectivity index (χ2v) is 11.0. The fourth-order valence-corrected chi connectivity index (χ4v) is 7.73. The van der Waals surface area contributed by atoms with E-state index in [9.17, 15) is 10.5 Å². The smallest absolute Gasteiger partial charge is 0.246 e. The maximum absolute atomic E-state index is 10.8. The second-order valence-electron chi connectivity index (χ2n) is 11.0. The van der Waals surface area contributed by atoms with Gasteiger partial charge in [0.1, 0.15) is 12.1 Å². The molecular formula is C29H31N5O. The van der Waals surface area contributed by atoms with Crippen LogP contribution >= 0.6 is 0 Å². The van der Waals surface area contributed by atoms with Gasteiger partial charge in [-0.1, -0.05) is 81.4 Å². The molecule has 4 aliphatic rings. The fraction of sp³-hybridized carbons (Fsp3) is 0.483. The van der Waals surface area contributed by atoms with Gasteiger partial charge in [0.25, 0.3) is 0 Å². The third-order valence-corrected chi connectivity index (χ3v) is 9.17. The number of nitriles is 2. The van der Waals surface area contributed by atoms with Gasteiger partial charge in [0, 0.05) is 30.8 Å². The Kier molecular flexibility index (Phi) is 4.87. The first-order valence-corrected chi connectivity index (χ1v) is 12.6. The lowest BCUT2D eigenvalue weighted by atomic mass is 9.71. The van der Waals surface area contributed by atoms with Gasteiger partial charge < -0.3 is 4.74 Å². The van der Waals surface area contributed by atoms with E-state index in [0.29, 0.717) is 26.3 Å². The molecule has 3 aliphatic heterocycles. The molecule has 1 saturated carbocycles. The zero-order chi connectivity index (χ0) is 24.4. The standard InChI is InChI=1S/C29H31N5O/c1-20-26(33-14-16-35-17-15-33)28(18-30,19-31)34-29(20,22-12-8-5-9-13-22)25-23(27(25,2)3)24(32-34)21-10-6-4-7-11-21/h4-13,20,23,25-26H,14-17H2,1-3H3/t20-,23-,25+,26+,29-/m1/s1. The molecule has 5 atom stereocenters. The van der Waals surface area contributed by atoms with Crippen molar-refractivity contribution in [1.29, 1.82) is 10.5 Å². The van der Waals surface area contributed by atoms with Crippen molar-refractivity contribution in [2.45, 2.75) is 37.9 Å². The molecule has 6 heteroatoms. The third kappa shape index (κ3) is 2.73. The Labute approximate surface area is 207 Å². The molecule has 2 saturated heterocycles. The molecule has 1 aliphatic carbocycles. The molecule has 0 spiro atoms. The lowest BCUT2D eigenvalue weighted by Crippen LogP contribution is -2.58. The number of hydrogen-bond acceptors (Lipinski definition) is 6. The number of hydrazone groups is 1. The van der Waals surface area contributed by atoms with Crippen LogP contribution in [0.25, 0.3) is 0 Å². The van der Waals surface area contributed by atoms with Crippen LogP contribution in [0, 0.1) is 45.8 Å². The number of morpholine rings is 1. The van der Waals surface area contributed by atoms with Crippen molar-refractivity contribution >= 4 is 5.71 Å². The lowest BCUT2D eigenvalue weighted by molar-refractivity contribution is -0.00104. The minimum atomic E-state index is -1.41. The van der Waals surface area contributed by atoms with Crippen molar-refractivity contribution in [3.63, 3.8) is 0 Å². The van der Waals surface area contributed by atoms with Gasteiger partial charge in [-0.15, -0.1) is 0 Å². The summed E-state index contributed by atoms with van der Waals surface area (Å²) in [6.07, 6.45) is 0. The molecule has 0 aromatic heterocycles. The lowest BCUT2D eigenvalue weighted by Gasteiger charge is -2.46. The number of rotatable bonds is 3. The predicted octanol–water partition coefficient (Wildman–Crippen LogP) is 4.01. The van der Waals surface area contributed by atoms with Crippen molar-refractivity contribution in [1.82, 2.24) is 9.91 Å². The molecule has 178 valence electrons. The summed E-state index contributed by atoms with van der Waals surface area (Å²) in [6.45, 7) is 9.55. The number of hydrogen-bond donors (Lipinski definition) is 0. The molecule has 2 aromatic carbocycles. The molecule has 0 N–H and O–H groups in total. The summed E-state index contributed by atoms with van der Waals surface area (Å²) >= 11 is 0. The second kappa shape index (κ2) is 7.65. The monoisotopic (exact) mass is 465 g/mol. The molecule has 6 nitrogen and oxygen atoms in total. The number of ether oxygens (including phenoxy) is 1. The first-order chi connectivity index (χ1) is 16.9. The van der Waals surface area contributed by atoms with Crippen LogP contribution in [0.3, 0.4) is 0 Å². The van der Waals surface area contributed by atoms with Gasteiger partial charge in [0.2, 0.25) is 5.54 Å². The van der Waals surface area contributed by atoms with Gasteiger partial charge in [0.05, 0.1) is 30.5 Å². The predicted molar refractivity (Wildman–Crippen MR) is 133 cm³/mol. The average molecular weight is 466 g/mol. The summed E-state index contributed by atoms with van der Waals surface area (Å²) in [5, 5.41) is 28.8.